The Labute approximate surface area is 110 Å². The second-order valence-corrected chi connectivity index (χ2v) is 6.92. The van der Waals surface area contributed by atoms with Gasteiger partial charge in [0, 0.05) is 28.3 Å². The maximum absolute atomic E-state index is 12.0. The van der Waals surface area contributed by atoms with Crippen LogP contribution in [0.4, 0.5) is 0 Å². The lowest BCUT2D eigenvalue weighted by atomic mass is 9.94. The van der Waals surface area contributed by atoms with Gasteiger partial charge in [0.2, 0.25) is 5.91 Å². The molecule has 6 heteroatoms. The zero-order chi connectivity index (χ0) is 13.0. The molecule has 1 aliphatic heterocycles. The maximum Gasteiger partial charge on any atom is 0.230 e. The summed E-state index contributed by atoms with van der Waals surface area (Å²) in [6.45, 7) is 3.86. The highest BCUT2D eigenvalue weighted by atomic mass is 32.2. The Hall–Kier alpha value is -0.490. The molecular weight excluding hydrogens is 256 g/mol. The Morgan fingerprint density at radius 1 is 1.41 bits per heavy atom. The van der Waals surface area contributed by atoms with Crippen LogP contribution in [0.5, 0.6) is 0 Å². The molecule has 3 N–H and O–H groups in total. The first-order valence-corrected chi connectivity index (χ1v) is 7.76. The molecule has 1 saturated heterocycles. The van der Waals surface area contributed by atoms with E-state index in [9.17, 15) is 9.00 Å². The van der Waals surface area contributed by atoms with Crippen molar-refractivity contribution in [1.29, 1.82) is 0 Å². The summed E-state index contributed by atoms with van der Waals surface area (Å²) in [4.78, 5) is 12.3. The molecule has 1 aliphatic rings. The summed E-state index contributed by atoms with van der Waals surface area (Å²) in [6.07, 6.45) is 1.56. The standard InChI is InChI=1S/C11H20N2O2S2/c1-7(2)9(10(12)16)11(14)13-8-3-5-17(15)6-4-8/h7-9H,3-6H2,1-2H3,(H2,12,16)(H,13,14). The van der Waals surface area contributed by atoms with Crippen molar-refractivity contribution in [3.8, 4) is 0 Å². The van der Waals surface area contributed by atoms with Gasteiger partial charge in [0.1, 0.15) is 0 Å². The topological polar surface area (TPSA) is 72.2 Å². The van der Waals surface area contributed by atoms with Gasteiger partial charge < -0.3 is 11.1 Å². The Morgan fingerprint density at radius 3 is 2.35 bits per heavy atom. The number of carbonyl (C=O) groups excluding carboxylic acids is 1. The molecule has 0 aromatic heterocycles. The van der Waals surface area contributed by atoms with Crippen molar-refractivity contribution in [1.82, 2.24) is 5.32 Å². The highest BCUT2D eigenvalue weighted by Gasteiger charge is 2.28. The van der Waals surface area contributed by atoms with E-state index in [4.69, 9.17) is 18.0 Å². The molecule has 1 atom stereocenters. The first-order chi connectivity index (χ1) is 7.91. The van der Waals surface area contributed by atoms with Crippen LogP contribution in [0.25, 0.3) is 0 Å². The Bertz CT molecular complexity index is 321. The van der Waals surface area contributed by atoms with Crippen LogP contribution in [0.15, 0.2) is 0 Å². The van der Waals surface area contributed by atoms with Crippen molar-refractivity contribution in [2.24, 2.45) is 17.6 Å². The summed E-state index contributed by atoms with van der Waals surface area (Å²) >= 11 is 4.92. The molecule has 1 unspecified atom stereocenters. The molecule has 0 saturated carbocycles. The lowest BCUT2D eigenvalue weighted by Gasteiger charge is -2.26. The predicted octanol–water partition coefficient (Wildman–Crippen LogP) is 0.572. The van der Waals surface area contributed by atoms with Crippen LogP contribution in [-0.4, -0.2) is 32.7 Å². The van der Waals surface area contributed by atoms with Gasteiger partial charge in [0.25, 0.3) is 0 Å². The normalized spacial score (nSPS) is 26.5. The molecule has 0 aromatic rings. The van der Waals surface area contributed by atoms with Gasteiger partial charge >= 0.3 is 0 Å². The van der Waals surface area contributed by atoms with Crippen molar-refractivity contribution in [3.63, 3.8) is 0 Å². The number of thiocarbonyl (C=S) groups is 1. The number of rotatable bonds is 4. The molecule has 0 aliphatic carbocycles. The van der Waals surface area contributed by atoms with Gasteiger partial charge in [-0.3, -0.25) is 9.00 Å². The Balaban J connectivity index is 2.52. The lowest BCUT2D eigenvalue weighted by molar-refractivity contribution is -0.124. The van der Waals surface area contributed by atoms with Crippen LogP contribution in [0, 0.1) is 11.8 Å². The maximum atomic E-state index is 12.0. The van der Waals surface area contributed by atoms with E-state index in [2.05, 4.69) is 5.32 Å². The van der Waals surface area contributed by atoms with Crippen LogP contribution < -0.4 is 11.1 Å². The molecule has 1 heterocycles. The summed E-state index contributed by atoms with van der Waals surface area (Å²) in [5.41, 5.74) is 5.59. The number of nitrogens with one attached hydrogen (secondary N) is 1. The third kappa shape index (κ3) is 4.35. The average Bonchev–Trinajstić information content (AvgIpc) is 2.20. The van der Waals surface area contributed by atoms with Crippen LogP contribution in [-0.2, 0) is 15.6 Å². The van der Waals surface area contributed by atoms with Gasteiger partial charge in [-0.2, -0.15) is 0 Å². The number of nitrogens with two attached hydrogens (primary N) is 1. The molecule has 0 aromatic carbocycles. The van der Waals surface area contributed by atoms with Crippen LogP contribution in [0.2, 0.25) is 0 Å². The van der Waals surface area contributed by atoms with Gasteiger partial charge in [-0.15, -0.1) is 0 Å². The summed E-state index contributed by atoms with van der Waals surface area (Å²) in [5, 5.41) is 2.96. The molecule has 0 bridgehead atoms. The number of hydrogen-bond donors (Lipinski definition) is 2. The first-order valence-electron chi connectivity index (χ1n) is 5.86. The molecule has 1 rings (SSSR count). The van der Waals surface area contributed by atoms with Crippen molar-refractivity contribution in [2.45, 2.75) is 32.7 Å². The van der Waals surface area contributed by atoms with Gasteiger partial charge in [-0.25, -0.2) is 0 Å². The first kappa shape index (κ1) is 14.6. The minimum atomic E-state index is -0.706. The van der Waals surface area contributed by atoms with Crippen molar-refractivity contribution in [3.05, 3.63) is 0 Å². The quantitative estimate of drug-likeness (QED) is 0.737. The summed E-state index contributed by atoms with van der Waals surface area (Å²) in [5.74, 6) is 0.946. The van der Waals surface area contributed by atoms with Gasteiger partial charge in [-0.1, -0.05) is 26.1 Å². The Kier molecular flexibility index (Phi) is 5.52. The van der Waals surface area contributed by atoms with Gasteiger partial charge in [0.15, 0.2) is 0 Å². The van der Waals surface area contributed by atoms with E-state index in [0.29, 0.717) is 11.5 Å². The monoisotopic (exact) mass is 276 g/mol. The van der Waals surface area contributed by atoms with Crippen molar-refractivity contribution >= 4 is 33.9 Å². The van der Waals surface area contributed by atoms with Crippen LogP contribution in [0.3, 0.4) is 0 Å². The lowest BCUT2D eigenvalue weighted by Crippen LogP contribution is -2.46. The van der Waals surface area contributed by atoms with E-state index >= 15 is 0 Å². The fourth-order valence-corrected chi connectivity index (χ4v) is 3.67. The summed E-state index contributed by atoms with van der Waals surface area (Å²) in [7, 11) is -0.706. The van der Waals surface area contributed by atoms with Crippen molar-refractivity contribution < 1.29 is 9.00 Å². The van der Waals surface area contributed by atoms with E-state index in [1.807, 2.05) is 13.8 Å². The molecule has 0 radical (unpaired) electrons. The van der Waals surface area contributed by atoms with Crippen molar-refractivity contribution in [2.75, 3.05) is 11.5 Å². The third-order valence-electron chi connectivity index (χ3n) is 2.99. The predicted molar refractivity (Wildman–Crippen MR) is 74.2 cm³/mol. The minimum absolute atomic E-state index is 0.0924. The van der Waals surface area contributed by atoms with E-state index in [0.717, 1.165) is 12.8 Å². The summed E-state index contributed by atoms with van der Waals surface area (Å²) in [6, 6.07) is 0.121. The highest BCUT2D eigenvalue weighted by molar-refractivity contribution is 7.85. The molecule has 4 nitrogen and oxygen atoms in total. The highest BCUT2D eigenvalue weighted by Crippen LogP contribution is 2.14. The average molecular weight is 276 g/mol. The fourth-order valence-electron chi connectivity index (χ4n) is 1.99. The van der Waals surface area contributed by atoms with E-state index < -0.39 is 16.7 Å². The second-order valence-electron chi connectivity index (χ2n) is 4.75. The number of hydrogen-bond acceptors (Lipinski definition) is 3. The molecule has 98 valence electrons. The van der Waals surface area contributed by atoms with Gasteiger partial charge in [0.05, 0.1) is 10.9 Å². The fraction of sp³-hybridized carbons (Fsp3) is 0.818. The SMILES string of the molecule is CC(C)C(C(=O)NC1CCS(=O)CC1)C(N)=S. The van der Waals surface area contributed by atoms with Crippen LogP contribution >= 0.6 is 12.2 Å². The zero-order valence-corrected chi connectivity index (χ0v) is 11.9. The molecule has 17 heavy (non-hydrogen) atoms. The largest absolute Gasteiger partial charge is 0.393 e. The molecule has 1 amide bonds. The van der Waals surface area contributed by atoms with E-state index in [-0.39, 0.29) is 22.9 Å². The van der Waals surface area contributed by atoms with Gasteiger partial charge in [-0.05, 0) is 18.8 Å². The summed E-state index contributed by atoms with van der Waals surface area (Å²) < 4.78 is 11.2. The second kappa shape index (κ2) is 6.44. The van der Waals surface area contributed by atoms with E-state index in [1.165, 1.54) is 0 Å². The molecule has 0 spiro atoms. The minimum Gasteiger partial charge on any atom is -0.393 e. The smallest absolute Gasteiger partial charge is 0.230 e. The number of amides is 1. The molecular formula is C11H20N2O2S2. The zero-order valence-electron chi connectivity index (χ0n) is 10.3. The Morgan fingerprint density at radius 2 is 1.94 bits per heavy atom. The number of carbonyl (C=O) groups is 1. The van der Waals surface area contributed by atoms with E-state index in [1.54, 1.807) is 0 Å². The van der Waals surface area contributed by atoms with Crippen LogP contribution in [0.1, 0.15) is 26.7 Å². The third-order valence-corrected chi connectivity index (χ3v) is 4.63. The molecule has 1 fully saturated rings.